The lowest BCUT2D eigenvalue weighted by Crippen LogP contribution is -2.11. The van der Waals surface area contributed by atoms with E-state index < -0.39 is 8.25 Å². The van der Waals surface area contributed by atoms with E-state index in [9.17, 15) is 4.57 Å². The SMILES string of the molecule is Nc1ncc2ncn(O[PH](=O)On3cnc4cnc(N)nc43)c2n1. The number of nitrogen functional groups attached to an aromatic ring is 2. The van der Waals surface area contributed by atoms with Gasteiger partial charge in [0, 0.05) is 0 Å². The molecule has 0 aromatic carbocycles. The lowest BCUT2D eigenvalue weighted by Gasteiger charge is -2.08. The second-order valence-electron chi connectivity index (χ2n) is 4.45. The Kier molecular flexibility index (Phi) is 3.13. The molecule has 4 aromatic rings. The maximum absolute atomic E-state index is 12.1. The van der Waals surface area contributed by atoms with Crippen molar-refractivity contribution in [2.45, 2.75) is 0 Å². The third kappa shape index (κ3) is 2.42. The minimum atomic E-state index is -3.05. The summed E-state index contributed by atoms with van der Waals surface area (Å²) in [6, 6.07) is 0. The van der Waals surface area contributed by atoms with Gasteiger partial charge in [-0.15, -0.1) is 9.46 Å². The van der Waals surface area contributed by atoms with Crippen LogP contribution in [-0.4, -0.2) is 39.4 Å². The molecule has 4 aromatic heterocycles. The summed E-state index contributed by atoms with van der Waals surface area (Å²) in [5.74, 6) is 0.0578. The average Bonchev–Trinajstić information content (AvgIpc) is 3.12. The smallest absolute Gasteiger partial charge is 0.368 e. The number of fused-ring (bicyclic) bond motifs is 2. The standard InChI is InChI=1S/C10H9N10O3P/c11-9-13-1-5-7(17-9)19(3-15-5)22-24(21)23-20-4-16-6-2-14-10(12)18-8(6)20/h1-4,24H,(H2,11,13,17)(H2,12,14,18). The normalized spacial score (nSPS) is 11.4. The van der Waals surface area contributed by atoms with Gasteiger partial charge >= 0.3 is 8.25 Å². The first kappa shape index (κ1) is 14.1. The van der Waals surface area contributed by atoms with Gasteiger partial charge in [-0.05, 0) is 0 Å². The van der Waals surface area contributed by atoms with Crippen LogP contribution in [0.15, 0.2) is 25.0 Å². The lowest BCUT2D eigenvalue weighted by atomic mass is 10.6. The van der Waals surface area contributed by atoms with Crippen molar-refractivity contribution < 1.29 is 13.8 Å². The fraction of sp³-hybridized carbons (Fsp3) is 0. The van der Waals surface area contributed by atoms with Crippen molar-refractivity contribution in [3.05, 3.63) is 25.0 Å². The van der Waals surface area contributed by atoms with Crippen molar-refractivity contribution in [3.8, 4) is 0 Å². The van der Waals surface area contributed by atoms with Gasteiger partial charge in [-0.3, -0.25) is 0 Å². The molecular weight excluding hydrogens is 339 g/mol. The second kappa shape index (κ2) is 5.31. The van der Waals surface area contributed by atoms with Crippen molar-refractivity contribution >= 4 is 42.5 Å². The summed E-state index contributed by atoms with van der Waals surface area (Å²) in [4.78, 5) is 23.5. The quantitative estimate of drug-likeness (QED) is 0.436. The minimum Gasteiger partial charge on any atom is -0.368 e. The van der Waals surface area contributed by atoms with Crippen LogP contribution in [0.4, 0.5) is 11.9 Å². The number of rotatable bonds is 4. The van der Waals surface area contributed by atoms with Crippen molar-refractivity contribution in [3.63, 3.8) is 0 Å². The first-order chi connectivity index (χ1) is 11.6. The molecule has 14 heteroatoms. The van der Waals surface area contributed by atoms with E-state index in [0.29, 0.717) is 11.0 Å². The Labute approximate surface area is 133 Å². The summed E-state index contributed by atoms with van der Waals surface area (Å²) in [5, 5.41) is 0. The Morgan fingerprint density at radius 1 is 0.833 bits per heavy atom. The Morgan fingerprint density at radius 2 is 1.29 bits per heavy atom. The third-order valence-electron chi connectivity index (χ3n) is 2.90. The number of imidazole rings is 2. The van der Waals surface area contributed by atoms with Gasteiger partial charge in [-0.1, -0.05) is 0 Å². The van der Waals surface area contributed by atoms with E-state index in [1.54, 1.807) is 0 Å². The highest BCUT2D eigenvalue weighted by Crippen LogP contribution is 2.20. The largest absolute Gasteiger partial charge is 0.456 e. The van der Waals surface area contributed by atoms with E-state index in [1.807, 2.05) is 0 Å². The molecule has 0 aliphatic carbocycles. The molecule has 0 radical (unpaired) electrons. The summed E-state index contributed by atoms with van der Waals surface area (Å²) in [7, 11) is -3.05. The van der Waals surface area contributed by atoms with Gasteiger partial charge < -0.3 is 20.7 Å². The lowest BCUT2D eigenvalue weighted by molar-refractivity contribution is 0.201. The van der Waals surface area contributed by atoms with Crippen molar-refractivity contribution in [1.82, 2.24) is 39.4 Å². The predicted octanol–water partition coefficient (Wildman–Crippen LogP) is -0.923. The van der Waals surface area contributed by atoms with Crippen molar-refractivity contribution in [2.75, 3.05) is 11.5 Å². The highest BCUT2D eigenvalue weighted by molar-refractivity contribution is 7.33. The first-order valence-corrected chi connectivity index (χ1v) is 7.64. The molecule has 4 heterocycles. The molecule has 0 bridgehead atoms. The fourth-order valence-electron chi connectivity index (χ4n) is 1.92. The Morgan fingerprint density at radius 3 is 1.75 bits per heavy atom. The van der Waals surface area contributed by atoms with Gasteiger partial charge in [0.05, 0.1) is 12.4 Å². The van der Waals surface area contributed by atoms with Crippen LogP contribution in [0.25, 0.3) is 22.3 Å². The Bertz CT molecular complexity index is 991. The molecule has 0 spiro atoms. The maximum Gasteiger partial charge on any atom is 0.456 e. The van der Waals surface area contributed by atoms with Crippen LogP contribution < -0.4 is 20.7 Å². The first-order valence-electron chi connectivity index (χ1n) is 6.42. The zero-order chi connectivity index (χ0) is 16.7. The molecule has 0 aliphatic heterocycles. The minimum absolute atomic E-state index is 0.0289. The molecule has 0 saturated carbocycles. The molecule has 0 atom stereocenters. The van der Waals surface area contributed by atoms with Crippen LogP contribution in [0.1, 0.15) is 0 Å². The Balaban J connectivity index is 1.59. The summed E-state index contributed by atoms with van der Waals surface area (Å²) in [6.07, 6.45) is 5.38. The van der Waals surface area contributed by atoms with E-state index in [2.05, 4.69) is 29.9 Å². The molecule has 0 amide bonds. The summed E-state index contributed by atoms with van der Waals surface area (Å²) < 4.78 is 24.7. The van der Waals surface area contributed by atoms with Crippen LogP contribution in [-0.2, 0) is 4.57 Å². The van der Waals surface area contributed by atoms with Crippen LogP contribution in [0, 0.1) is 0 Å². The molecule has 0 aliphatic rings. The predicted molar refractivity (Wildman–Crippen MR) is 81.6 cm³/mol. The van der Waals surface area contributed by atoms with Gasteiger partial charge in [-0.25, -0.2) is 24.5 Å². The van der Waals surface area contributed by atoms with Gasteiger partial charge in [0.25, 0.3) is 0 Å². The van der Waals surface area contributed by atoms with Crippen LogP contribution >= 0.6 is 8.25 Å². The van der Waals surface area contributed by atoms with Gasteiger partial charge in [-0.2, -0.15) is 9.97 Å². The van der Waals surface area contributed by atoms with E-state index in [1.165, 1.54) is 25.0 Å². The highest BCUT2D eigenvalue weighted by atomic mass is 31.1. The number of aromatic nitrogens is 8. The van der Waals surface area contributed by atoms with E-state index in [-0.39, 0.29) is 23.2 Å². The number of hydrogen-bond donors (Lipinski definition) is 2. The van der Waals surface area contributed by atoms with Gasteiger partial charge in [0.2, 0.25) is 23.2 Å². The molecule has 4 N–H and O–H groups in total. The van der Waals surface area contributed by atoms with Crippen LogP contribution in [0.2, 0.25) is 0 Å². The second-order valence-corrected chi connectivity index (χ2v) is 5.31. The average molecular weight is 348 g/mol. The van der Waals surface area contributed by atoms with E-state index in [0.717, 1.165) is 9.46 Å². The molecule has 4 rings (SSSR count). The number of nitrogens with zero attached hydrogens (tertiary/aromatic N) is 8. The molecule has 13 nitrogen and oxygen atoms in total. The zero-order valence-electron chi connectivity index (χ0n) is 11.8. The molecule has 0 fully saturated rings. The molecule has 0 saturated heterocycles. The fourth-order valence-corrected chi connectivity index (χ4v) is 2.54. The molecule has 122 valence electrons. The topological polar surface area (TPSA) is 175 Å². The maximum atomic E-state index is 12.1. The number of nitrogens with two attached hydrogens (primary N) is 2. The van der Waals surface area contributed by atoms with Crippen LogP contribution in [0.5, 0.6) is 0 Å². The summed E-state index contributed by atoms with van der Waals surface area (Å²) >= 11 is 0. The van der Waals surface area contributed by atoms with Gasteiger partial charge in [0.15, 0.2) is 0 Å². The third-order valence-corrected chi connectivity index (χ3v) is 3.60. The van der Waals surface area contributed by atoms with Crippen LogP contribution in [0.3, 0.4) is 0 Å². The van der Waals surface area contributed by atoms with Crippen molar-refractivity contribution in [1.29, 1.82) is 0 Å². The summed E-state index contributed by atoms with van der Waals surface area (Å²) in [5.41, 5.74) is 12.4. The molecular formula is C10H9N10O3P. The van der Waals surface area contributed by atoms with E-state index >= 15 is 0 Å². The van der Waals surface area contributed by atoms with Gasteiger partial charge in [0.1, 0.15) is 23.7 Å². The molecule has 0 unspecified atom stereocenters. The number of anilines is 2. The number of hydrogen-bond acceptors (Lipinski definition) is 11. The zero-order valence-corrected chi connectivity index (χ0v) is 12.8. The van der Waals surface area contributed by atoms with E-state index in [4.69, 9.17) is 20.7 Å². The summed E-state index contributed by atoms with van der Waals surface area (Å²) in [6.45, 7) is 0. The van der Waals surface area contributed by atoms with Crippen molar-refractivity contribution in [2.24, 2.45) is 0 Å². The monoisotopic (exact) mass is 348 g/mol. The highest BCUT2D eigenvalue weighted by Gasteiger charge is 2.13. The molecule has 24 heavy (non-hydrogen) atoms. The Hall–Kier alpha value is -3.47.